The highest BCUT2D eigenvalue weighted by Crippen LogP contribution is 2.27. The Labute approximate surface area is 251 Å². The van der Waals surface area contributed by atoms with Crippen LogP contribution in [0.15, 0.2) is 78.9 Å². The topological polar surface area (TPSA) is 97.6 Å². The number of aromatic nitrogens is 3. The van der Waals surface area contributed by atoms with E-state index in [-0.39, 0.29) is 0 Å². The predicted molar refractivity (Wildman–Crippen MR) is 170 cm³/mol. The summed E-state index contributed by atoms with van der Waals surface area (Å²) in [5.41, 5.74) is 0.0320. The summed E-state index contributed by atoms with van der Waals surface area (Å²) in [6.07, 6.45) is 0. The van der Waals surface area contributed by atoms with Crippen molar-refractivity contribution in [1.82, 2.24) is 15.0 Å². The summed E-state index contributed by atoms with van der Waals surface area (Å²) in [6, 6.07) is 25.3. The maximum Gasteiger partial charge on any atom is 0.330 e. The van der Waals surface area contributed by atoms with Gasteiger partial charge in [0.25, 0.3) is 0 Å². The third kappa shape index (κ3) is 7.53. The molecule has 42 heavy (non-hydrogen) atoms. The van der Waals surface area contributed by atoms with E-state index in [4.69, 9.17) is 24.3 Å². The molecule has 0 saturated heterocycles. The van der Waals surface area contributed by atoms with Crippen molar-refractivity contribution in [3.63, 3.8) is 0 Å². The van der Waals surface area contributed by atoms with Crippen molar-refractivity contribution < 1.29 is 19.5 Å². The van der Waals surface area contributed by atoms with Gasteiger partial charge in [0.2, 0.25) is 0 Å². The highest BCUT2D eigenvalue weighted by molar-refractivity contribution is 6.52. The van der Waals surface area contributed by atoms with E-state index in [1.807, 2.05) is 107 Å². The van der Waals surface area contributed by atoms with Crippen molar-refractivity contribution >= 4 is 25.9 Å². The molecule has 7 nitrogen and oxygen atoms in total. The van der Waals surface area contributed by atoms with Gasteiger partial charge in [-0.1, -0.05) is 89.8 Å². The molecule has 0 unspecified atom stereocenters. The summed E-state index contributed by atoms with van der Waals surface area (Å²) in [5, 5.41) is 21.2. The molecule has 0 atom stereocenters. The molecule has 2 radical (unpaired) electrons. The van der Waals surface area contributed by atoms with Gasteiger partial charge in [0.1, 0.15) is 0 Å². The minimum Gasteiger partial charge on any atom is -0.427 e. The number of nitrogens with zero attached hydrogens (tertiary/aromatic N) is 3. The van der Waals surface area contributed by atoms with Crippen molar-refractivity contribution in [1.29, 1.82) is 0 Å². The van der Waals surface area contributed by atoms with Gasteiger partial charge in [0.15, 0.2) is 17.5 Å². The van der Waals surface area contributed by atoms with Crippen molar-refractivity contribution in [2.24, 2.45) is 0 Å². The molecule has 0 amide bonds. The van der Waals surface area contributed by atoms with Crippen LogP contribution >= 0.6 is 0 Å². The molecule has 0 spiro atoms. The van der Waals surface area contributed by atoms with Crippen LogP contribution in [0.5, 0.6) is 0 Å². The van der Waals surface area contributed by atoms with Gasteiger partial charge in [0.05, 0.1) is 22.4 Å². The van der Waals surface area contributed by atoms with E-state index in [1.165, 1.54) is 0 Å². The van der Waals surface area contributed by atoms with Crippen LogP contribution < -0.4 is 10.9 Å². The molecular formula is C33H39B2N3O4. The number of benzene rings is 3. The molecular weight excluding hydrogens is 524 g/mol. The molecule has 0 saturated carbocycles. The number of hydrogen-bond acceptors (Lipinski definition) is 7. The lowest BCUT2D eigenvalue weighted by molar-refractivity contribution is -0.0893. The first kappa shape index (κ1) is 31.6. The Hall–Kier alpha value is -3.36. The van der Waals surface area contributed by atoms with Gasteiger partial charge in [-0.25, -0.2) is 15.0 Å². The monoisotopic (exact) mass is 563 g/mol. The van der Waals surface area contributed by atoms with Gasteiger partial charge in [-0.15, -0.1) is 0 Å². The van der Waals surface area contributed by atoms with Gasteiger partial charge in [-0.2, -0.15) is 0 Å². The molecule has 216 valence electrons. The Balaban J connectivity index is 1.81. The summed E-state index contributed by atoms with van der Waals surface area (Å²) in [5.74, 6) is 1.59. The van der Waals surface area contributed by atoms with E-state index in [0.717, 1.165) is 27.6 Å². The van der Waals surface area contributed by atoms with E-state index in [1.54, 1.807) is 42.7 Å². The van der Waals surface area contributed by atoms with Gasteiger partial charge in [-0.3, -0.25) is 0 Å². The first-order valence-electron chi connectivity index (χ1n) is 14.0. The lowest BCUT2D eigenvalue weighted by Crippen LogP contribution is -2.50. The maximum atomic E-state index is 10.6. The van der Waals surface area contributed by atoms with E-state index in [9.17, 15) is 10.2 Å². The Bertz CT molecular complexity index is 1390. The zero-order valence-electron chi connectivity index (χ0n) is 25.7. The summed E-state index contributed by atoms with van der Waals surface area (Å²) in [4.78, 5) is 14.5. The van der Waals surface area contributed by atoms with Gasteiger partial charge < -0.3 is 19.5 Å². The second-order valence-corrected chi connectivity index (χ2v) is 12.5. The minimum atomic E-state index is -1.08. The van der Waals surface area contributed by atoms with Crippen molar-refractivity contribution in [2.45, 2.75) is 77.8 Å². The summed E-state index contributed by atoms with van der Waals surface area (Å²) < 4.78 is 12.2. The molecule has 0 aliphatic heterocycles. The fourth-order valence-electron chi connectivity index (χ4n) is 3.60. The van der Waals surface area contributed by atoms with Crippen LogP contribution in [-0.4, -0.2) is 62.5 Å². The lowest BCUT2D eigenvalue weighted by atomic mass is 9.76. The minimum absolute atomic E-state index is 0.483. The number of aliphatic hydroxyl groups is 2. The largest absolute Gasteiger partial charge is 0.427 e. The molecule has 3 aromatic carbocycles. The van der Waals surface area contributed by atoms with Crippen molar-refractivity contribution in [3.05, 3.63) is 78.9 Å². The van der Waals surface area contributed by atoms with Crippen LogP contribution in [-0.2, 0) is 9.31 Å². The average molecular weight is 563 g/mol. The molecule has 1 heterocycles. The molecule has 0 aliphatic rings. The van der Waals surface area contributed by atoms with Crippen molar-refractivity contribution in [2.75, 3.05) is 0 Å². The number of hydrogen-bond donors (Lipinski definition) is 2. The van der Waals surface area contributed by atoms with Gasteiger partial charge in [-0.05, 0) is 55.4 Å². The highest BCUT2D eigenvalue weighted by Gasteiger charge is 2.37. The average Bonchev–Trinajstić information content (AvgIpc) is 2.94. The Kier molecular flexibility index (Phi) is 9.09. The van der Waals surface area contributed by atoms with Crippen LogP contribution in [0.3, 0.4) is 0 Å². The molecule has 1 aromatic heterocycles. The second-order valence-electron chi connectivity index (χ2n) is 12.5. The van der Waals surface area contributed by atoms with Crippen LogP contribution in [0.1, 0.15) is 55.4 Å². The molecule has 2 N–H and O–H groups in total. The van der Waals surface area contributed by atoms with Crippen LogP contribution in [0.2, 0.25) is 0 Å². The molecule has 0 bridgehead atoms. The molecule has 0 aliphatic carbocycles. The zero-order valence-corrected chi connectivity index (χ0v) is 25.7. The molecule has 4 rings (SSSR count). The molecule has 9 heteroatoms. The Morgan fingerprint density at radius 1 is 0.500 bits per heavy atom. The lowest BCUT2D eigenvalue weighted by Gasteiger charge is -2.38. The van der Waals surface area contributed by atoms with E-state index < -0.39 is 22.4 Å². The van der Waals surface area contributed by atoms with E-state index >= 15 is 0 Å². The standard InChI is InChI=1S/C33H39B2N3O4/c1-30(2,39)32(5,6)41-34-25-19-24(20-26(21-25)35-42-33(7,8)31(3,4)40)29-37-27(22-15-11-9-12-16-22)36-28(38-29)23-17-13-10-14-18-23/h9-21,39-40H,1-8H3. The van der Waals surface area contributed by atoms with Crippen LogP contribution in [0.4, 0.5) is 0 Å². The fourth-order valence-corrected chi connectivity index (χ4v) is 3.60. The fraction of sp³-hybridized carbons (Fsp3) is 0.364. The summed E-state index contributed by atoms with van der Waals surface area (Å²) in [6.45, 7) is 14.2. The zero-order chi connectivity index (χ0) is 30.8. The van der Waals surface area contributed by atoms with Crippen LogP contribution in [0.25, 0.3) is 34.2 Å². The molecule has 4 aromatic rings. The predicted octanol–water partition coefficient (Wildman–Crippen LogP) is 4.49. The Morgan fingerprint density at radius 3 is 1.17 bits per heavy atom. The highest BCUT2D eigenvalue weighted by atomic mass is 16.5. The normalized spacial score (nSPS) is 12.7. The van der Waals surface area contributed by atoms with Crippen LogP contribution in [0, 0.1) is 0 Å². The van der Waals surface area contributed by atoms with Crippen molar-refractivity contribution in [3.8, 4) is 34.2 Å². The third-order valence-electron chi connectivity index (χ3n) is 7.86. The van der Waals surface area contributed by atoms with Gasteiger partial charge in [0, 0.05) is 16.7 Å². The first-order valence-corrected chi connectivity index (χ1v) is 14.0. The number of rotatable bonds is 11. The SMILES string of the molecule is CC(C)(O)C(C)(C)O[B]c1cc([B]OC(C)(C)C(C)(C)O)cc(-c2nc(-c3ccccc3)nc(-c3ccccc3)n2)c1. The first-order chi connectivity index (χ1) is 19.6. The Morgan fingerprint density at radius 2 is 0.833 bits per heavy atom. The van der Waals surface area contributed by atoms with E-state index in [2.05, 4.69) is 0 Å². The smallest absolute Gasteiger partial charge is 0.330 e. The maximum absolute atomic E-state index is 10.6. The van der Waals surface area contributed by atoms with E-state index in [0.29, 0.717) is 17.5 Å². The quantitative estimate of drug-likeness (QED) is 0.260. The third-order valence-corrected chi connectivity index (χ3v) is 7.86. The summed E-state index contributed by atoms with van der Waals surface area (Å²) >= 11 is 0. The summed E-state index contributed by atoms with van der Waals surface area (Å²) in [7, 11) is 3.24. The molecule has 0 fully saturated rings. The van der Waals surface area contributed by atoms with Gasteiger partial charge >= 0.3 is 15.0 Å². The second kappa shape index (κ2) is 12.1.